The number of para-hydroxylation sites is 1. The quantitative estimate of drug-likeness (QED) is 0.773. The first-order chi connectivity index (χ1) is 9.76. The highest BCUT2D eigenvalue weighted by molar-refractivity contribution is 5.83. The molecule has 1 aromatic carbocycles. The van der Waals surface area contributed by atoms with Crippen LogP contribution in [0.5, 0.6) is 5.75 Å². The van der Waals surface area contributed by atoms with Crippen LogP contribution < -0.4 is 10.1 Å². The Bertz CT molecular complexity index is 715. The molecule has 0 atom stereocenters. The van der Waals surface area contributed by atoms with E-state index >= 15 is 0 Å². The lowest BCUT2D eigenvalue weighted by Gasteiger charge is -1.99. The fourth-order valence-electron chi connectivity index (χ4n) is 2.15. The molecule has 0 aliphatic heterocycles. The lowest BCUT2D eigenvalue weighted by molar-refractivity contribution is 0.366. The summed E-state index contributed by atoms with van der Waals surface area (Å²) in [7, 11) is 1.64. The first-order valence-electron chi connectivity index (χ1n) is 6.44. The standard InChI is InChI=1S/C15H16N2O3/c1-10-6-13(20-17-10)9-16-8-12-7-11-4-3-5-14(18-2)15(11)19-12/h3-7,16H,8-9H2,1-2H3. The van der Waals surface area contributed by atoms with Crippen LogP contribution in [0.1, 0.15) is 17.2 Å². The van der Waals surface area contributed by atoms with E-state index in [2.05, 4.69) is 10.5 Å². The Morgan fingerprint density at radius 3 is 2.80 bits per heavy atom. The maximum absolute atomic E-state index is 5.80. The van der Waals surface area contributed by atoms with Crippen LogP contribution in [-0.4, -0.2) is 12.3 Å². The Hall–Kier alpha value is -2.27. The molecule has 1 N–H and O–H groups in total. The second kappa shape index (κ2) is 5.38. The largest absolute Gasteiger partial charge is 0.493 e. The molecule has 0 fully saturated rings. The maximum atomic E-state index is 5.80. The van der Waals surface area contributed by atoms with Crippen molar-refractivity contribution < 1.29 is 13.7 Å². The van der Waals surface area contributed by atoms with E-state index in [-0.39, 0.29) is 0 Å². The van der Waals surface area contributed by atoms with Crippen molar-refractivity contribution in [3.63, 3.8) is 0 Å². The van der Waals surface area contributed by atoms with Crippen LogP contribution in [0, 0.1) is 6.92 Å². The number of nitrogens with zero attached hydrogens (tertiary/aromatic N) is 1. The molecule has 2 heterocycles. The van der Waals surface area contributed by atoms with Crippen LogP contribution in [-0.2, 0) is 13.1 Å². The molecule has 2 aromatic heterocycles. The summed E-state index contributed by atoms with van der Waals surface area (Å²) >= 11 is 0. The molecule has 0 saturated heterocycles. The SMILES string of the molecule is COc1cccc2cc(CNCc3cc(C)no3)oc12. The Morgan fingerprint density at radius 2 is 2.05 bits per heavy atom. The first kappa shape index (κ1) is 12.7. The number of aryl methyl sites for hydroxylation is 1. The molecule has 3 rings (SSSR count). The van der Waals surface area contributed by atoms with E-state index in [1.807, 2.05) is 37.3 Å². The highest BCUT2D eigenvalue weighted by atomic mass is 16.5. The van der Waals surface area contributed by atoms with Crippen LogP contribution in [0.2, 0.25) is 0 Å². The van der Waals surface area contributed by atoms with E-state index < -0.39 is 0 Å². The minimum absolute atomic E-state index is 0.620. The Labute approximate surface area is 116 Å². The van der Waals surface area contributed by atoms with Crippen molar-refractivity contribution in [1.29, 1.82) is 0 Å². The van der Waals surface area contributed by atoms with Gasteiger partial charge in [-0.1, -0.05) is 17.3 Å². The lowest BCUT2D eigenvalue weighted by atomic mass is 10.2. The van der Waals surface area contributed by atoms with Crippen LogP contribution in [0.3, 0.4) is 0 Å². The highest BCUT2D eigenvalue weighted by Gasteiger charge is 2.08. The Morgan fingerprint density at radius 1 is 1.20 bits per heavy atom. The molecule has 5 nitrogen and oxygen atoms in total. The number of methoxy groups -OCH3 is 1. The van der Waals surface area contributed by atoms with Gasteiger partial charge in [0, 0.05) is 11.5 Å². The van der Waals surface area contributed by atoms with Crippen LogP contribution >= 0.6 is 0 Å². The molecular formula is C15H16N2O3. The number of furan rings is 1. The predicted molar refractivity (Wildman–Crippen MR) is 74.5 cm³/mol. The summed E-state index contributed by atoms with van der Waals surface area (Å²) < 4.78 is 16.2. The number of benzene rings is 1. The summed E-state index contributed by atoms with van der Waals surface area (Å²) in [5.41, 5.74) is 1.66. The van der Waals surface area contributed by atoms with Crippen molar-refractivity contribution >= 4 is 11.0 Å². The number of nitrogens with one attached hydrogen (secondary N) is 1. The van der Waals surface area contributed by atoms with Crippen LogP contribution in [0.15, 0.2) is 39.3 Å². The molecule has 0 radical (unpaired) electrons. The molecule has 0 saturated carbocycles. The van der Waals surface area contributed by atoms with Crippen LogP contribution in [0.4, 0.5) is 0 Å². The van der Waals surface area contributed by atoms with Crippen molar-refractivity contribution in [3.8, 4) is 5.75 Å². The van der Waals surface area contributed by atoms with Gasteiger partial charge in [0.25, 0.3) is 0 Å². The maximum Gasteiger partial charge on any atom is 0.176 e. The van der Waals surface area contributed by atoms with Gasteiger partial charge >= 0.3 is 0 Å². The summed E-state index contributed by atoms with van der Waals surface area (Å²) in [4.78, 5) is 0. The number of hydrogen-bond acceptors (Lipinski definition) is 5. The van der Waals surface area contributed by atoms with Gasteiger partial charge in [-0.2, -0.15) is 0 Å². The third-order valence-corrected chi connectivity index (χ3v) is 3.05. The number of hydrogen-bond donors (Lipinski definition) is 1. The van der Waals surface area contributed by atoms with Crippen molar-refractivity contribution in [3.05, 3.63) is 47.5 Å². The minimum Gasteiger partial charge on any atom is -0.493 e. The van der Waals surface area contributed by atoms with E-state index in [1.165, 1.54) is 0 Å². The highest BCUT2D eigenvalue weighted by Crippen LogP contribution is 2.28. The van der Waals surface area contributed by atoms with Gasteiger partial charge in [-0.25, -0.2) is 0 Å². The average molecular weight is 272 g/mol. The Balaban J connectivity index is 1.68. The number of aromatic nitrogens is 1. The third-order valence-electron chi connectivity index (χ3n) is 3.05. The lowest BCUT2D eigenvalue weighted by Crippen LogP contribution is -2.11. The zero-order valence-electron chi connectivity index (χ0n) is 11.5. The fraction of sp³-hybridized carbons (Fsp3) is 0.267. The Kier molecular flexibility index (Phi) is 3.43. The predicted octanol–water partition coefficient (Wildman–Crippen LogP) is 3.03. The molecule has 0 aliphatic rings. The van der Waals surface area contributed by atoms with Crippen molar-refractivity contribution in [1.82, 2.24) is 10.5 Å². The summed E-state index contributed by atoms with van der Waals surface area (Å²) in [5.74, 6) is 2.43. The molecule has 0 bridgehead atoms. The second-order valence-electron chi connectivity index (χ2n) is 4.63. The zero-order valence-corrected chi connectivity index (χ0v) is 11.5. The molecule has 0 aliphatic carbocycles. The van der Waals surface area contributed by atoms with E-state index in [0.29, 0.717) is 13.1 Å². The first-order valence-corrected chi connectivity index (χ1v) is 6.44. The number of ether oxygens (including phenoxy) is 1. The van der Waals surface area contributed by atoms with Crippen molar-refractivity contribution in [2.24, 2.45) is 0 Å². The normalized spacial score (nSPS) is 11.1. The van der Waals surface area contributed by atoms with Gasteiger partial charge in [0.15, 0.2) is 17.1 Å². The second-order valence-corrected chi connectivity index (χ2v) is 4.63. The van der Waals surface area contributed by atoms with Crippen molar-refractivity contribution in [2.75, 3.05) is 7.11 Å². The topological polar surface area (TPSA) is 60.4 Å². The molecule has 3 aromatic rings. The zero-order chi connectivity index (χ0) is 13.9. The average Bonchev–Trinajstić information content (AvgIpc) is 3.04. The summed E-state index contributed by atoms with van der Waals surface area (Å²) in [6.45, 7) is 3.14. The van der Waals surface area contributed by atoms with Gasteiger partial charge in [-0.15, -0.1) is 0 Å². The monoisotopic (exact) mass is 272 g/mol. The van der Waals surface area contributed by atoms with Gasteiger partial charge in [-0.05, 0) is 19.1 Å². The molecular weight excluding hydrogens is 256 g/mol. The molecule has 20 heavy (non-hydrogen) atoms. The van der Waals surface area contributed by atoms with Gasteiger partial charge in [0.1, 0.15) is 5.76 Å². The van der Waals surface area contributed by atoms with Gasteiger partial charge in [-0.3, -0.25) is 0 Å². The number of fused-ring (bicyclic) bond motifs is 1. The van der Waals surface area contributed by atoms with E-state index in [4.69, 9.17) is 13.7 Å². The number of rotatable bonds is 5. The summed E-state index contributed by atoms with van der Waals surface area (Å²) in [6, 6.07) is 9.77. The molecule has 5 heteroatoms. The van der Waals surface area contributed by atoms with Gasteiger partial charge in [0.05, 0.1) is 25.9 Å². The van der Waals surface area contributed by atoms with Gasteiger partial charge in [0.2, 0.25) is 0 Å². The van der Waals surface area contributed by atoms with E-state index in [0.717, 1.165) is 33.9 Å². The van der Waals surface area contributed by atoms with Crippen molar-refractivity contribution in [2.45, 2.75) is 20.0 Å². The minimum atomic E-state index is 0.620. The van der Waals surface area contributed by atoms with Gasteiger partial charge < -0.3 is 19.0 Å². The van der Waals surface area contributed by atoms with E-state index in [9.17, 15) is 0 Å². The molecule has 0 unspecified atom stereocenters. The molecule has 0 amide bonds. The summed E-state index contributed by atoms with van der Waals surface area (Å²) in [6.07, 6.45) is 0. The van der Waals surface area contributed by atoms with Crippen LogP contribution in [0.25, 0.3) is 11.0 Å². The molecule has 104 valence electrons. The summed E-state index contributed by atoms with van der Waals surface area (Å²) in [5, 5.41) is 8.14. The molecule has 0 spiro atoms. The fourth-order valence-corrected chi connectivity index (χ4v) is 2.15. The smallest absolute Gasteiger partial charge is 0.176 e. The third kappa shape index (κ3) is 2.53. The van der Waals surface area contributed by atoms with E-state index in [1.54, 1.807) is 7.11 Å².